The Bertz CT molecular complexity index is 851. The van der Waals surface area contributed by atoms with Gasteiger partial charge in [-0.15, -0.1) is 0 Å². The fourth-order valence-electron chi connectivity index (χ4n) is 2.15. The number of nitrogens with two attached hydrogens (primary N) is 1. The third-order valence-electron chi connectivity index (χ3n) is 3.09. The van der Waals surface area contributed by atoms with Crippen LogP contribution in [0.5, 0.6) is 0 Å². The summed E-state index contributed by atoms with van der Waals surface area (Å²) in [4.78, 5) is 27.3. The van der Waals surface area contributed by atoms with Crippen molar-refractivity contribution in [3.05, 3.63) is 54.5 Å². The van der Waals surface area contributed by atoms with E-state index in [-0.39, 0.29) is 12.5 Å². The third-order valence-corrected chi connectivity index (χ3v) is 3.09. The van der Waals surface area contributed by atoms with E-state index in [1.807, 2.05) is 30.3 Å². The van der Waals surface area contributed by atoms with Crippen LogP contribution in [0.15, 0.2) is 48.8 Å². The topological polar surface area (TPSA) is 103 Å². The molecule has 2 amide bonds. The quantitative estimate of drug-likeness (QED) is 0.754. The normalized spacial score (nSPS) is 10.5. The number of hydrogen-bond donors (Lipinski definition) is 2. The minimum absolute atomic E-state index is 0.0393. The molecule has 7 nitrogen and oxygen atoms in total. The van der Waals surface area contributed by atoms with Crippen LogP contribution >= 0.6 is 0 Å². The molecule has 0 aliphatic rings. The maximum atomic E-state index is 12.3. The highest BCUT2D eigenvalue weighted by Gasteiger charge is 2.13. The number of fused-ring (bicyclic) bond motifs is 1. The summed E-state index contributed by atoms with van der Waals surface area (Å²) in [6, 6.07) is 10.9. The molecule has 3 aromatic rings. The molecule has 0 saturated carbocycles. The van der Waals surface area contributed by atoms with Crippen LogP contribution in [-0.4, -0.2) is 26.6 Å². The fourth-order valence-corrected chi connectivity index (χ4v) is 2.15. The molecule has 7 heteroatoms. The fraction of sp³-hybridized carbons (Fsp3) is 0.0667. The number of pyridine rings is 1. The van der Waals surface area contributed by atoms with Crippen LogP contribution in [0, 0.1) is 0 Å². The second-order valence-electron chi connectivity index (χ2n) is 4.70. The number of amides is 2. The molecular formula is C15H13N5O2. The maximum absolute atomic E-state index is 12.3. The van der Waals surface area contributed by atoms with Crippen LogP contribution in [0.2, 0.25) is 0 Å². The molecule has 0 spiro atoms. The summed E-state index contributed by atoms with van der Waals surface area (Å²) in [5, 5.41) is 8.41. The number of primary amides is 1. The van der Waals surface area contributed by atoms with Crippen molar-refractivity contribution in [3.63, 3.8) is 0 Å². The minimum atomic E-state index is -0.503. The lowest BCUT2D eigenvalue weighted by molar-refractivity contribution is -0.118. The smallest absolute Gasteiger partial charge is 0.276 e. The molecule has 2 heterocycles. The van der Waals surface area contributed by atoms with Gasteiger partial charge in [-0.2, -0.15) is 5.10 Å². The summed E-state index contributed by atoms with van der Waals surface area (Å²) < 4.78 is 1.36. The van der Waals surface area contributed by atoms with E-state index < -0.39 is 5.91 Å². The lowest BCUT2D eigenvalue weighted by Crippen LogP contribution is -2.19. The van der Waals surface area contributed by atoms with Crippen LogP contribution < -0.4 is 11.1 Å². The molecule has 0 fully saturated rings. The summed E-state index contributed by atoms with van der Waals surface area (Å²) >= 11 is 0. The molecule has 3 rings (SSSR count). The molecular weight excluding hydrogens is 282 g/mol. The average Bonchev–Trinajstić information content (AvgIpc) is 2.92. The zero-order valence-corrected chi connectivity index (χ0v) is 11.6. The number of carbonyl (C=O) groups is 2. The van der Waals surface area contributed by atoms with Crippen LogP contribution in [0.1, 0.15) is 10.5 Å². The first-order valence-corrected chi connectivity index (χ1v) is 6.60. The van der Waals surface area contributed by atoms with Gasteiger partial charge in [-0.1, -0.05) is 24.3 Å². The Hall–Kier alpha value is -3.22. The van der Waals surface area contributed by atoms with Gasteiger partial charge < -0.3 is 11.1 Å². The van der Waals surface area contributed by atoms with Gasteiger partial charge in [-0.3, -0.25) is 19.3 Å². The molecule has 0 aliphatic heterocycles. The lowest BCUT2D eigenvalue weighted by Gasteiger charge is -2.05. The van der Waals surface area contributed by atoms with Crippen molar-refractivity contribution in [3.8, 4) is 0 Å². The Balaban J connectivity index is 1.84. The number of nitrogens with zero attached hydrogens (tertiary/aromatic N) is 3. The predicted octanol–water partition coefficient (Wildman–Crippen LogP) is 1.17. The average molecular weight is 295 g/mol. The van der Waals surface area contributed by atoms with E-state index in [9.17, 15) is 9.59 Å². The molecule has 0 bridgehead atoms. The van der Waals surface area contributed by atoms with Crippen LogP contribution in [0.3, 0.4) is 0 Å². The van der Waals surface area contributed by atoms with E-state index >= 15 is 0 Å². The molecule has 110 valence electrons. The molecule has 0 saturated heterocycles. The highest BCUT2D eigenvalue weighted by Crippen LogP contribution is 2.17. The van der Waals surface area contributed by atoms with Crippen molar-refractivity contribution >= 4 is 28.4 Å². The molecule has 0 aliphatic carbocycles. The first-order valence-electron chi connectivity index (χ1n) is 6.60. The highest BCUT2D eigenvalue weighted by molar-refractivity contribution is 6.10. The molecule has 1 aromatic carbocycles. The number of benzene rings is 1. The van der Waals surface area contributed by atoms with Gasteiger partial charge in [-0.25, -0.2) is 0 Å². The standard InChI is InChI=1S/C15H13N5O2/c16-12(21)9-20-8-6-13(19-20)18-15(22)14-11-4-2-1-3-10(11)5-7-17-14/h1-8H,9H2,(H2,16,21)(H,18,19,22). The largest absolute Gasteiger partial charge is 0.368 e. The van der Waals surface area contributed by atoms with Crippen LogP contribution in [0.4, 0.5) is 5.82 Å². The second kappa shape index (κ2) is 5.65. The molecule has 0 radical (unpaired) electrons. The zero-order chi connectivity index (χ0) is 15.5. The Morgan fingerprint density at radius 1 is 1.18 bits per heavy atom. The van der Waals surface area contributed by atoms with E-state index in [0.717, 1.165) is 10.8 Å². The van der Waals surface area contributed by atoms with E-state index in [2.05, 4.69) is 15.4 Å². The van der Waals surface area contributed by atoms with Gasteiger partial charge in [0.15, 0.2) is 5.82 Å². The third kappa shape index (κ3) is 2.78. The summed E-state index contributed by atoms with van der Waals surface area (Å²) in [5.41, 5.74) is 5.41. The van der Waals surface area contributed by atoms with Crippen molar-refractivity contribution in [2.45, 2.75) is 6.54 Å². The summed E-state index contributed by atoms with van der Waals surface area (Å²) in [7, 11) is 0. The first-order chi connectivity index (χ1) is 10.6. The molecule has 2 aromatic heterocycles. The van der Waals surface area contributed by atoms with E-state index in [1.54, 1.807) is 18.5 Å². The SMILES string of the molecule is NC(=O)Cn1ccc(NC(=O)c2nccc3ccccc23)n1. The maximum Gasteiger partial charge on any atom is 0.276 e. The van der Waals surface area contributed by atoms with E-state index in [0.29, 0.717) is 11.5 Å². The minimum Gasteiger partial charge on any atom is -0.368 e. The predicted molar refractivity (Wildman–Crippen MR) is 81.1 cm³/mol. The number of hydrogen-bond acceptors (Lipinski definition) is 4. The van der Waals surface area contributed by atoms with Crippen molar-refractivity contribution < 1.29 is 9.59 Å². The number of rotatable bonds is 4. The van der Waals surface area contributed by atoms with Gasteiger partial charge in [-0.05, 0) is 11.5 Å². The number of anilines is 1. The zero-order valence-electron chi connectivity index (χ0n) is 11.6. The van der Waals surface area contributed by atoms with Gasteiger partial charge >= 0.3 is 0 Å². The van der Waals surface area contributed by atoms with Crippen molar-refractivity contribution in [1.82, 2.24) is 14.8 Å². The Labute approximate surface area is 125 Å². The molecule has 0 atom stereocenters. The number of carbonyl (C=O) groups excluding carboxylic acids is 2. The van der Waals surface area contributed by atoms with Gasteiger partial charge in [0.1, 0.15) is 12.2 Å². The van der Waals surface area contributed by atoms with E-state index in [1.165, 1.54) is 4.68 Å². The molecule has 22 heavy (non-hydrogen) atoms. The number of nitrogens with one attached hydrogen (secondary N) is 1. The van der Waals surface area contributed by atoms with Crippen molar-refractivity contribution in [2.75, 3.05) is 5.32 Å². The number of aromatic nitrogens is 3. The molecule has 0 unspecified atom stereocenters. The highest BCUT2D eigenvalue weighted by atomic mass is 16.2. The Morgan fingerprint density at radius 3 is 2.82 bits per heavy atom. The van der Waals surface area contributed by atoms with Gasteiger partial charge in [0.2, 0.25) is 5.91 Å². The van der Waals surface area contributed by atoms with Crippen LogP contribution in [0.25, 0.3) is 10.8 Å². The molecule has 3 N–H and O–H groups in total. The van der Waals surface area contributed by atoms with Gasteiger partial charge in [0.25, 0.3) is 5.91 Å². The lowest BCUT2D eigenvalue weighted by atomic mass is 10.1. The van der Waals surface area contributed by atoms with E-state index in [4.69, 9.17) is 5.73 Å². The van der Waals surface area contributed by atoms with Crippen molar-refractivity contribution in [1.29, 1.82) is 0 Å². The summed E-state index contributed by atoms with van der Waals surface area (Å²) in [5.74, 6) is -0.529. The van der Waals surface area contributed by atoms with Gasteiger partial charge in [0, 0.05) is 23.8 Å². The second-order valence-corrected chi connectivity index (χ2v) is 4.70. The summed E-state index contributed by atoms with van der Waals surface area (Å²) in [6.45, 7) is -0.0393. The Kier molecular flexibility index (Phi) is 3.53. The monoisotopic (exact) mass is 295 g/mol. The Morgan fingerprint density at radius 2 is 2.00 bits per heavy atom. The summed E-state index contributed by atoms with van der Waals surface area (Å²) in [6.07, 6.45) is 3.15. The van der Waals surface area contributed by atoms with Crippen molar-refractivity contribution in [2.24, 2.45) is 5.73 Å². The van der Waals surface area contributed by atoms with Gasteiger partial charge in [0.05, 0.1) is 0 Å². The first kappa shape index (κ1) is 13.7. The van der Waals surface area contributed by atoms with Crippen LogP contribution in [-0.2, 0) is 11.3 Å².